The molecule has 8 heteroatoms. The van der Waals surface area contributed by atoms with Crippen molar-refractivity contribution >= 4 is 22.9 Å². The maximum atomic E-state index is 12.4. The normalized spacial score (nSPS) is 14.9. The minimum absolute atomic E-state index is 0.0129. The summed E-state index contributed by atoms with van der Waals surface area (Å²) in [6.45, 7) is 2.10. The molecular weight excluding hydrogens is 412 g/mol. The van der Waals surface area contributed by atoms with Gasteiger partial charge in [-0.2, -0.15) is 0 Å². The molecule has 2 heterocycles. The topological polar surface area (TPSA) is 76.6 Å². The van der Waals surface area contributed by atoms with Gasteiger partial charge in [0.2, 0.25) is 5.91 Å². The number of methoxy groups -OCH3 is 2. The van der Waals surface area contributed by atoms with Crippen molar-refractivity contribution in [2.24, 2.45) is 0 Å². The number of nitrogens with zero attached hydrogens (tertiary/aromatic N) is 3. The minimum Gasteiger partial charge on any atom is -0.497 e. The molecule has 1 aliphatic rings. The molecule has 0 bridgehead atoms. The van der Waals surface area contributed by atoms with Crippen LogP contribution in [0, 0.1) is 0 Å². The van der Waals surface area contributed by atoms with Crippen LogP contribution in [0.3, 0.4) is 0 Å². The van der Waals surface area contributed by atoms with E-state index in [1.165, 1.54) is 0 Å². The Hall–Kier alpha value is -2.97. The Labute approximate surface area is 186 Å². The number of anilines is 1. The number of para-hydroxylation sites is 1. The molecule has 0 saturated carbocycles. The van der Waals surface area contributed by atoms with Crippen molar-refractivity contribution in [2.45, 2.75) is 18.8 Å². The van der Waals surface area contributed by atoms with Gasteiger partial charge in [0.05, 0.1) is 26.3 Å². The first kappa shape index (κ1) is 21.3. The summed E-state index contributed by atoms with van der Waals surface area (Å²) in [5.41, 5.74) is 1.72. The molecule has 1 aromatic heterocycles. The Balaban J connectivity index is 1.31. The van der Waals surface area contributed by atoms with E-state index in [1.54, 1.807) is 25.6 Å². The third-order valence-corrected chi connectivity index (χ3v) is 6.55. The molecule has 31 heavy (non-hydrogen) atoms. The molecule has 1 saturated heterocycles. The summed E-state index contributed by atoms with van der Waals surface area (Å²) in [5, 5.41) is 13.7. The van der Waals surface area contributed by atoms with Gasteiger partial charge in [0.25, 0.3) is 0 Å². The number of likely N-dealkylation sites (tertiary alicyclic amines) is 1. The lowest BCUT2D eigenvalue weighted by molar-refractivity contribution is -0.117. The zero-order valence-corrected chi connectivity index (χ0v) is 18.5. The van der Waals surface area contributed by atoms with E-state index in [9.17, 15) is 4.79 Å². The lowest BCUT2D eigenvalue weighted by atomic mass is 9.98. The largest absolute Gasteiger partial charge is 0.497 e. The average molecular weight is 439 g/mol. The van der Waals surface area contributed by atoms with Gasteiger partial charge in [-0.25, -0.2) is 0 Å². The molecule has 1 fully saturated rings. The van der Waals surface area contributed by atoms with Crippen molar-refractivity contribution in [3.63, 3.8) is 0 Å². The third-order valence-electron chi connectivity index (χ3n) is 5.44. The van der Waals surface area contributed by atoms with Gasteiger partial charge in [0.15, 0.2) is 5.01 Å². The average Bonchev–Trinajstić information content (AvgIpc) is 3.29. The van der Waals surface area contributed by atoms with Gasteiger partial charge in [-0.05, 0) is 50.2 Å². The molecule has 0 spiro atoms. The second kappa shape index (κ2) is 9.89. The smallest absolute Gasteiger partial charge is 0.238 e. The van der Waals surface area contributed by atoms with Crippen molar-refractivity contribution in [3.05, 3.63) is 53.5 Å². The molecule has 3 aromatic rings. The van der Waals surface area contributed by atoms with E-state index in [0.29, 0.717) is 12.5 Å². The molecule has 162 valence electrons. The molecule has 4 rings (SSSR count). The molecule has 2 aromatic carbocycles. The minimum atomic E-state index is -0.0129. The predicted molar refractivity (Wildman–Crippen MR) is 122 cm³/mol. The third kappa shape index (κ3) is 5.21. The molecule has 0 aliphatic carbocycles. The lowest BCUT2D eigenvalue weighted by Gasteiger charge is -2.30. The number of carbonyl (C=O) groups is 1. The number of ether oxygens (including phenoxy) is 2. The number of benzene rings is 2. The van der Waals surface area contributed by atoms with Crippen LogP contribution in [-0.4, -0.2) is 54.9 Å². The zero-order chi connectivity index (χ0) is 21.6. The van der Waals surface area contributed by atoms with E-state index in [2.05, 4.69) is 20.4 Å². The molecule has 7 nitrogen and oxygen atoms in total. The van der Waals surface area contributed by atoms with E-state index in [-0.39, 0.29) is 5.91 Å². The molecular formula is C23H26N4O3S. The van der Waals surface area contributed by atoms with E-state index in [0.717, 1.165) is 58.7 Å². The second-order valence-corrected chi connectivity index (χ2v) is 8.49. The quantitative estimate of drug-likeness (QED) is 0.600. The Morgan fingerprint density at radius 3 is 2.68 bits per heavy atom. The molecule has 0 atom stereocenters. The zero-order valence-electron chi connectivity index (χ0n) is 17.7. The van der Waals surface area contributed by atoms with Crippen LogP contribution in [0.2, 0.25) is 0 Å². The summed E-state index contributed by atoms with van der Waals surface area (Å²) in [5.74, 6) is 1.89. The van der Waals surface area contributed by atoms with Gasteiger partial charge in [0, 0.05) is 17.7 Å². The number of rotatable bonds is 7. The summed E-state index contributed by atoms with van der Waals surface area (Å²) in [4.78, 5) is 14.6. The molecule has 1 N–H and O–H groups in total. The van der Waals surface area contributed by atoms with Crippen molar-refractivity contribution in [1.82, 2.24) is 15.1 Å². The number of hydrogen-bond donors (Lipinski definition) is 1. The van der Waals surface area contributed by atoms with E-state index < -0.39 is 0 Å². The predicted octanol–water partition coefficient (Wildman–Crippen LogP) is 4.04. The van der Waals surface area contributed by atoms with E-state index in [4.69, 9.17) is 9.47 Å². The number of aromatic nitrogens is 2. The van der Waals surface area contributed by atoms with Gasteiger partial charge in [-0.15, -0.1) is 10.2 Å². The Bertz CT molecular complexity index is 1030. The fraction of sp³-hybridized carbons (Fsp3) is 0.348. The Kier molecular flexibility index (Phi) is 6.79. The maximum absolute atomic E-state index is 12.4. The first-order valence-corrected chi connectivity index (χ1v) is 11.1. The fourth-order valence-electron chi connectivity index (χ4n) is 3.77. The number of amides is 1. The summed E-state index contributed by atoms with van der Waals surface area (Å²) in [6.07, 6.45) is 1.93. The van der Waals surface area contributed by atoms with Crippen LogP contribution in [0.5, 0.6) is 11.5 Å². The van der Waals surface area contributed by atoms with Crippen molar-refractivity contribution in [2.75, 3.05) is 39.2 Å². The summed E-state index contributed by atoms with van der Waals surface area (Å²) >= 11 is 1.63. The van der Waals surface area contributed by atoms with Crippen LogP contribution in [0.1, 0.15) is 23.8 Å². The molecule has 1 amide bonds. The Morgan fingerprint density at radius 1 is 1.10 bits per heavy atom. The first-order valence-electron chi connectivity index (χ1n) is 10.3. The highest BCUT2D eigenvalue weighted by Gasteiger charge is 2.25. The van der Waals surface area contributed by atoms with Crippen LogP contribution in [0.15, 0.2) is 48.5 Å². The van der Waals surface area contributed by atoms with Gasteiger partial charge in [0.1, 0.15) is 16.5 Å². The van der Waals surface area contributed by atoms with Gasteiger partial charge in [-0.3, -0.25) is 9.69 Å². The van der Waals surface area contributed by atoms with E-state index in [1.807, 2.05) is 48.5 Å². The van der Waals surface area contributed by atoms with Gasteiger partial charge < -0.3 is 14.8 Å². The summed E-state index contributed by atoms with van der Waals surface area (Å²) in [6, 6.07) is 15.3. The van der Waals surface area contributed by atoms with Crippen molar-refractivity contribution in [3.8, 4) is 22.1 Å². The molecule has 0 radical (unpaired) electrons. The highest BCUT2D eigenvalue weighted by Crippen LogP contribution is 2.36. The summed E-state index contributed by atoms with van der Waals surface area (Å²) < 4.78 is 10.7. The molecule has 1 aliphatic heterocycles. The van der Waals surface area contributed by atoms with Crippen LogP contribution >= 0.6 is 11.3 Å². The summed E-state index contributed by atoms with van der Waals surface area (Å²) in [7, 11) is 3.28. The fourth-order valence-corrected chi connectivity index (χ4v) is 4.81. The SMILES string of the molecule is COc1cccc(NC(=O)CN2CCC(c3nnc(-c4ccccc4OC)s3)CC2)c1. The maximum Gasteiger partial charge on any atom is 0.238 e. The number of carbonyl (C=O) groups excluding carboxylic acids is 1. The highest BCUT2D eigenvalue weighted by atomic mass is 32.1. The number of nitrogens with one attached hydrogen (secondary N) is 1. The monoisotopic (exact) mass is 438 g/mol. The Morgan fingerprint density at radius 2 is 1.90 bits per heavy atom. The van der Waals surface area contributed by atoms with Crippen LogP contribution in [0.25, 0.3) is 10.6 Å². The van der Waals surface area contributed by atoms with Crippen LogP contribution in [0.4, 0.5) is 5.69 Å². The van der Waals surface area contributed by atoms with Gasteiger partial charge >= 0.3 is 0 Å². The van der Waals surface area contributed by atoms with Crippen molar-refractivity contribution in [1.29, 1.82) is 0 Å². The van der Waals surface area contributed by atoms with E-state index >= 15 is 0 Å². The number of piperidine rings is 1. The van der Waals surface area contributed by atoms with Crippen LogP contribution < -0.4 is 14.8 Å². The number of hydrogen-bond acceptors (Lipinski definition) is 7. The van der Waals surface area contributed by atoms with Gasteiger partial charge in [-0.1, -0.05) is 29.5 Å². The lowest BCUT2D eigenvalue weighted by Crippen LogP contribution is -2.38. The standard InChI is InChI=1S/C23H26N4O3S/c1-29-18-7-5-6-17(14-18)24-21(28)15-27-12-10-16(11-13-27)22-25-26-23(31-22)19-8-3-4-9-20(19)30-2/h3-9,14,16H,10-13,15H2,1-2H3,(H,24,28). The molecule has 0 unspecified atom stereocenters. The first-order chi connectivity index (χ1) is 15.2. The highest BCUT2D eigenvalue weighted by molar-refractivity contribution is 7.14. The van der Waals surface area contributed by atoms with Crippen molar-refractivity contribution < 1.29 is 14.3 Å². The second-order valence-electron chi connectivity index (χ2n) is 7.48. The van der Waals surface area contributed by atoms with Crippen LogP contribution in [-0.2, 0) is 4.79 Å².